The molecule has 0 aliphatic carbocycles. The normalized spacial score (nSPS) is 11.9. The quantitative estimate of drug-likeness (QED) is 0.690. The molecule has 0 aliphatic heterocycles. The minimum absolute atomic E-state index is 1.21. The monoisotopic (exact) mass is 242 g/mol. The van der Waals surface area contributed by atoms with E-state index in [4.69, 9.17) is 0 Å². The summed E-state index contributed by atoms with van der Waals surface area (Å²) >= 11 is 0. The van der Waals surface area contributed by atoms with Crippen LogP contribution in [-0.2, 0) is 0 Å². The van der Waals surface area contributed by atoms with Crippen molar-refractivity contribution in [3.8, 4) is 0 Å². The first-order valence-electron chi connectivity index (χ1n) is 6.75. The van der Waals surface area contributed by atoms with E-state index in [1.807, 2.05) is 0 Å². The summed E-state index contributed by atoms with van der Waals surface area (Å²) in [4.78, 5) is 0. The topological polar surface area (TPSA) is 0 Å². The maximum Gasteiger partial charge on any atom is 0.0859 e. The molecule has 2 rings (SSSR count). The molecule has 0 spiro atoms. The van der Waals surface area contributed by atoms with Gasteiger partial charge in [0.05, 0.1) is 8.07 Å². The number of rotatable bonds is 4. The van der Waals surface area contributed by atoms with Crippen molar-refractivity contribution in [2.45, 2.75) is 38.9 Å². The minimum Gasteiger partial charge on any atom is -0.0675 e. The molecule has 0 radical (unpaired) electrons. The number of hydrogen-bond donors (Lipinski definition) is 0. The van der Waals surface area contributed by atoms with E-state index in [1.165, 1.54) is 28.9 Å². The van der Waals surface area contributed by atoms with Crippen LogP contribution >= 0.6 is 0 Å². The molecular weight excluding hydrogens is 220 g/mol. The van der Waals surface area contributed by atoms with Crippen molar-refractivity contribution in [3.05, 3.63) is 42.5 Å². The number of benzene rings is 2. The van der Waals surface area contributed by atoms with E-state index in [2.05, 4.69) is 63.2 Å². The van der Waals surface area contributed by atoms with Gasteiger partial charge in [0.15, 0.2) is 0 Å². The highest BCUT2D eigenvalue weighted by Crippen LogP contribution is 2.22. The molecule has 0 fully saturated rings. The Morgan fingerprint density at radius 1 is 0.765 bits per heavy atom. The van der Waals surface area contributed by atoms with E-state index >= 15 is 0 Å². The Balaban J connectivity index is 2.55. The van der Waals surface area contributed by atoms with Gasteiger partial charge in [-0.15, -0.1) is 0 Å². The Labute approximate surface area is 106 Å². The third-order valence-corrected chi connectivity index (χ3v) is 9.99. The number of hydrogen-bond acceptors (Lipinski definition) is 0. The summed E-state index contributed by atoms with van der Waals surface area (Å²) in [5.41, 5.74) is 0. The lowest BCUT2D eigenvalue weighted by molar-refractivity contribution is 1.20. The highest BCUT2D eigenvalue weighted by atomic mass is 28.3. The Morgan fingerprint density at radius 2 is 1.35 bits per heavy atom. The molecule has 0 aliphatic rings. The van der Waals surface area contributed by atoms with Gasteiger partial charge < -0.3 is 0 Å². The van der Waals surface area contributed by atoms with E-state index in [0.29, 0.717) is 0 Å². The fourth-order valence-electron chi connectivity index (χ4n) is 2.88. The van der Waals surface area contributed by atoms with E-state index in [-0.39, 0.29) is 0 Å². The van der Waals surface area contributed by atoms with E-state index in [0.717, 1.165) is 0 Å². The summed E-state index contributed by atoms with van der Waals surface area (Å²) in [6.07, 6.45) is 0. The molecule has 2 aromatic rings. The maximum absolute atomic E-state index is 2.44. The lowest BCUT2D eigenvalue weighted by Gasteiger charge is -2.28. The van der Waals surface area contributed by atoms with Crippen molar-refractivity contribution >= 4 is 24.0 Å². The Kier molecular flexibility index (Phi) is 3.68. The third kappa shape index (κ3) is 2.16. The number of fused-ring (bicyclic) bond motifs is 1. The predicted molar refractivity (Wildman–Crippen MR) is 80.8 cm³/mol. The fraction of sp³-hybridized carbons (Fsp3) is 0.375. The molecule has 17 heavy (non-hydrogen) atoms. The fourth-order valence-corrected chi connectivity index (χ4v) is 6.50. The second-order valence-corrected chi connectivity index (χ2v) is 10.2. The van der Waals surface area contributed by atoms with E-state index < -0.39 is 8.07 Å². The molecule has 0 unspecified atom stereocenters. The second-order valence-electron chi connectivity index (χ2n) is 4.90. The molecule has 0 saturated heterocycles. The van der Waals surface area contributed by atoms with Crippen LogP contribution in [0, 0.1) is 0 Å². The zero-order chi connectivity index (χ0) is 12.3. The van der Waals surface area contributed by atoms with Gasteiger partial charge in [-0.1, -0.05) is 86.6 Å². The molecule has 90 valence electrons. The van der Waals surface area contributed by atoms with Crippen LogP contribution in [0.2, 0.25) is 18.1 Å². The van der Waals surface area contributed by atoms with Gasteiger partial charge in [0.2, 0.25) is 0 Å². The Hall–Kier alpha value is -1.08. The molecule has 1 heteroatoms. The van der Waals surface area contributed by atoms with Crippen LogP contribution in [-0.4, -0.2) is 8.07 Å². The molecule has 0 N–H and O–H groups in total. The van der Waals surface area contributed by atoms with Crippen molar-refractivity contribution in [2.75, 3.05) is 0 Å². The van der Waals surface area contributed by atoms with Gasteiger partial charge in [0, 0.05) is 0 Å². The van der Waals surface area contributed by atoms with Crippen molar-refractivity contribution in [1.82, 2.24) is 0 Å². The average Bonchev–Trinajstić information content (AvgIpc) is 2.41. The molecule has 2 aromatic carbocycles. The molecule has 0 bridgehead atoms. The maximum atomic E-state index is 2.44. The zero-order valence-corrected chi connectivity index (χ0v) is 12.2. The Morgan fingerprint density at radius 3 is 1.94 bits per heavy atom. The largest absolute Gasteiger partial charge is 0.0859 e. The third-order valence-electron chi connectivity index (χ3n) is 4.39. The summed E-state index contributed by atoms with van der Waals surface area (Å²) in [5, 5.41) is 4.41. The van der Waals surface area contributed by atoms with Crippen LogP contribution in [0.4, 0.5) is 0 Å². The van der Waals surface area contributed by atoms with Gasteiger partial charge in [0.1, 0.15) is 0 Å². The summed E-state index contributed by atoms with van der Waals surface area (Å²) < 4.78 is 0. The van der Waals surface area contributed by atoms with E-state index in [9.17, 15) is 0 Å². The molecule has 0 amide bonds. The molecule has 0 atom stereocenters. The smallest absolute Gasteiger partial charge is 0.0675 e. The average molecular weight is 242 g/mol. The van der Waals surface area contributed by atoms with Crippen LogP contribution in [0.5, 0.6) is 0 Å². The van der Waals surface area contributed by atoms with Gasteiger partial charge in [-0.05, 0) is 10.8 Å². The highest BCUT2D eigenvalue weighted by molar-refractivity contribution is 6.91. The molecule has 0 aromatic heterocycles. The SMILES string of the molecule is CC[Si](CC)(CC)c1ccc2ccccc2c1. The minimum atomic E-state index is -1.21. The van der Waals surface area contributed by atoms with Crippen LogP contribution in [0.15, 0.2) is 42.5 Å². The summed E-state index contributed by atoms with van der Waals surface area (Å²) in [7, 11) is -1.21. The van der Waals surface area contributed by atoms with Crippen LogP contribution in [0.1, 0.15) is 20.8 Å². The molecule has 0 nitrogen and oxygen atoms in total. The van der Waals surface area contributed by atoms with Crippen molar-refractivity contribution in [3.63, 3.8) is 0 Å². The van der Waals surface area contributed by atoms with Gasteiger partial charge >= 0.3 is 0 Å². The Bertz CT molecular complexity index is 489. The van der Waals surface area contributed by atoms with Crippen LogP contribution in [0.25, 0.3) is 10.8 Å². The molecule has 0 heterocycles. The van der Waals surface area contributed by atoms with Crippen molar-refractivity contribution < 1.29 is 0 Å². The lowest BCUT2D eigenvalue weighted by Crippen LogP contribution is -2.45. The lowest BCUT2D eigenvalue weighted by atomic mass is 10.1. The summed E-state index contributed by atoms with van der Waals surface area (Å²) in [6.45, 7) is 7.11. The van der Waals surface area contributed by atoms with Gasteiger partial charge in [-0.2, -0.15) is 0 Å². The van der Waals surface area contributed by atoms with Gasteiger partial charge in [-0.25, -0.2) is 0 Å². The molecular formula is C16H22Si. The highest BCUT2D eigenvalue weighted by Gasteiger charge is 2.28. The first kappa shape index (κ1) is 12.4. The summed E-state index contributed by atoms with van der Waals surface area (Å²) in [6, 6.07) is 19.9. The van der Waals surface area contributed by atoms with Gasteiger partial charge in [-0.3, -0.25) is 0 Å². The van der Waals surface area contributed by atoms with Gasteiger partial charge in [0.25, 0.3) is 0 Å². The first-order chi connectivity index (χ1) is 8.25. The molecule has 0 saturated carbocycles. The first-order valence-corrected chi connectivity index (χ1v) is 9.37. The van der Waals surface area contributed by atoms with Crippen molar-refractivity contribution in [1.29, 1.82) is 0 Å². The van der Waals surface area contributed by atoms with Crippen molar-refractivity contribution in [2.24, 2.45) is 0 Å². The van der Waals surface area contributed by atoms with E-state index in [1.54, 1.807) is 5.19 Å². The standard InChI is InChI=1S/C16H22Si/c1-4-17(5-2,6-3)16-12-11-14-9-7-8-10-15(14)13-16/h7-13H,4-6H2,1-3H3. The van der Waals surface area contributed by atoms with Crippen LogP contribution < -0.4 is 5.19 Å². The van der Waals surface area contributed by atoms with Crippen LogP contribution in [0.3, 0.4) is 0 Å². The summed E-state index contributed by atoms with van der Waals surface area (Å²) in [5.74, 6) is 0. The predicted octanol–water partition coefficient (Wildman–Crippen LogP) is 4.56. The second kappa shape index (κ2) is 5.05. The zero-order valence-electron chi connectivity index (χ0n) is 11.2.